The predicted octanol–water partition coefficient (Wildman–Crippen LogP) is 4.72. The Bertz CT molecular complexity index is 765. The zero-order chi connectivity index (χ0) is 15.6. The Morgan fingerprint density at radius 3 is 2.11 bits per heavy atom. The van der Waals surface area contributed by atoms with Crippen LogP contribution >= 0.6 is 0 Å². The minimum atomic E-state index is -2.19. The van der Waals surface area contributed by atoms with Gasteiger partial charge in [0.2, 0.25) is 0 Å². The molecule has 1 heterocycles. The number of rotatable bonds is 2. The lowest BCUT2D eigenvalue weighted by Gasteiger charge is -2.08. The number of nitrogens with zero attached hydrogens (tertiary/aromatic N) is 1. The lowest BCUT2D eigenvalue weighted by molar-refractivity contribution is 1.27. The summed E-state index contributed by atoms with van der Waals surface area (Å²) >= 11 is 0. The number of hydrogen-bond acceptors (Lipinski definition) is 1. The second-order valence-corrected chi connectivity index (χ2v) is 4.35. The van der Waals surface area contributed by atoms with Crippen molar-refractivity contribution in [2.45, 2.75) is 6.85 Å². The standard InChI is InChI=1S/C18H15N/c1-14-13-19-18(16-10-6-3-7-11-16)12-17(14)15-8-4-2-5-9-15/h2-13H,1H3/i1D3. The minimum Gasteiger partial charge on any atom is -0.256 e. The van der Waals surface area contributed by atoms with E-state index < -0.39 is 6.85 Å². The van der Waals surface area contributed by atoms with Crippen molar-refractivity contribution in [3.8, 4) is 22.4 Å². The van der Waals surface area contributed by atoms with E-state index >= 15 is 0 Å². The van der Waals surface area contributed by atoms with Gasteiger partial charge in [0, 0.05) is 15.9 Å². The van der Waals surface area contributed by atoms with Crippen LogP contribution in [0.15, 0.2) is 72.9 Å². The third-order valence-electron chi connectivity index (χ3n) is 3.06. The van der Waals surface area contributed by atoms with Crippen LogP contribution in [0.4, 0.5) is 0 Å². The van der Waals surface area contributed by atoms with Crippen LogP contribution in [0, 0.1) is 6.85 Å². The molecule has 92 valence electrons. The first-order valence-electron chi connectivity index (χ1n) is 7.67. The number of pyridine rings is 1. The van der Waals surface area contributed by atoms with Gasteiger partial charge in [-0.2, -0.15) is 0 Å². The van der Waals surface area contributed by atoms with Crippen molar-refractivity contribution in [1.29, 1.82) is 0 Å². The van der Waals surface area contributed by atoms with Gasteiger partial charge in [-0.25, -0.2) is 0 Å². The maximum atomic E-state index is 7.73. The van der Waals surface area contributed by atoms with Crippen LogP contribution in [0.2, 0.25) is 0 Å². The average molecular weight is 248 g/mol. The Kier molecular flexibility index (Phi) is 2.31. The van der Waals surface area contributed by atoms with Gasteiger partial charge >= 0.3 is 0 Å². The predicted molar refractivity (Wildman–Crippen MR) is 79.8 cm³/mol. The Labute approximate surface area is 117 Å². The number of benzene rings is 2. The zero-order valence-corrected chi connectivity index (χ0v) is 10.4. The fourth-order valence-corrected chi connectivity index (χ4v) is 2.08. The van der Waals surface area contributed by atoms with Crippen LogP contribution < -0.4 is 0 Å². The van der Waals surface area contributed by atoms with Gasteiger partial charge in [0.15, 0.2) is 0 Å². The van der Waals surface area contributed by atoms with Crippen molar-refractivity contribution in [3.05, 3.63) is 78.5 Å². The molecule has 0 fully saturated rings. The first-order chi connectivity index (χ1) is 10.6. The highest BCUT2D eigenvalue weighted by Crippen LogP contribution is 2.27. The van der Waals surface area contributed by atoms with Crippen LogP contribution in [-0.2, 0) is 0 Å². The Balaban J connectivity index is 2.20. The van der Waals surface area contributed by atoms with Crippen LogP contribution in [0.5, 0.6) is 0 Å². The summed E-state index contributed by atoms with van der Waals surface area (Å²) in [7, 11) is 0. The third kappa shape index (κ3) is 2.41. The summed E-state index contributed by atoms with van der Waals surface area (Å²) in [6.45, 7) is -2.19. The quantitative estimate of drug-likeness (QED) is 0.639. The normalized spacial score (nSPS) is 13.4. The highest BCUT2D eigenvalue weighted by molar-refractivity contribution is 5.72. The van der Waals surface area contributed by atoms with E-state index in [1.807, 2.05) is 66.7 Å². The molecule has 0 N–H and O–H groups in total. The molecule has 0 aliphatic heterocycles. The fourth-order valence-electron chi connectivity index (χ4n) is 2.08. The monoisotopic (exact) mass is 248 g/mol. The summed E-state index contributed by atoms with van der Waals surface area (Å²) in [5, 5.41) is 0. The Hall–Kier alpha value is -2.41. The molecule has 0 atom stereocenters. The van der Waals surface area contributed by atoms with Crippen molar-refractivity contribution in [2.24, 2.45) is 0 Å². The maximum absolute atomic E-state index is 7.73. The number of aromatic nitrogens is 1. The first-order valence-corrected chi connectivity index (χ1v) is 6.17. The third-order valence-corrected chi connectivity index (χ3v) is 3.06. The van der Waals surface area contributed by atoms with E-state index in [0.29, 0.717) is 5.56 Å². The molecule has 1 heteroatoms. The molecule has 1 aromatic heterocycles. The molecule has 0 saturated heterocycles. The SMILES string of the molecule is [2H]C([2H])([2H])c1cnc(-c2ccccc2)cc1-c1ccccc1. The Morgan fingerprint density at radius 1 is 0.842 bits per heavy atom. The van der Waals surface area contributed by atoms with Crippen LogP contribution in [0.25, 0.3) is 22.4 Å². The second-order valence-electron chi connectivity index (χ2n) is 4.35. The van der Waals surface area contributed by atoms with E-state index in [1.165, 1.54) is 6.20 Å². The van der Waals surface area contributed by atoms with Gasteiger partial charge in [0.25, 0.3) is 0 Å². The molecule has 0 saturated carbocycles. The lowest BCUT2D eigenvalue weighted by atomic mass is 10.00. The van der Waals surface area contributed by atoms with Gasteiger partial charge in [0.1, 0.15) is 0 Å². The molecular weight excluding hydrogens is 230 g/mol. The van der Waals surface area contributed by atoms with E-state index in [2.05, 4.69) is 4.98 Å². The van der Waals surface area contributed by atoms with Gasteiger partial charge in [-0.15, -0.1) is 0 Å². The van der Waals surface area contributed by atoms with Gasteiger partial charge in [-0.3, -0.25) is 4.98 Å². The highest BCUT2D eigenvalue weighted by Gasteiger charge is 2.05. The fraction of sp³-hybridized carbons (Fsp3) is 0.0556. The van der Waals surface area contributed by atoms with Crippen molar-refractivity contribution >= 4 is 0 Å². The molecule has 0 spiro atoms. The van der Waals surface area contributed by atoms with Crippen molar-refractivity contribution in [1.82, 2.24) is 4.98 Å². The molecule has 3 rings (SSSR count). The summed E-state index contributed by atoms with van der Waals surface area (Å²) in [5.74, 6) is 0. The van der Waals surface area contributed by atoms with Gasteiger partial charge in [0.05, 0.1) is 5.69 Å². The smallest absolute Gasteiger partial charge is 0.0708 e. The topological polar surface area (TPSA) is 12.9 Å². The molecule has 1 nitrogen and oxygen atoms in total. The zero-order valence-electron chi connectivity index (χ0n) is 13.4. The van der Waals surface area contributed by atoms with E-state index in [4.69, 9.17) is 4.11 Å². The molecule has 0 aliphatic rings. The van der Waals surface area contributed by atoms with Crippen LogP contribution in [0.1, 0.15) is 9.68 Å². The van der Waals surface area contributed by atoms with Crippen molar-refractivity contribution in [2.75, 3.05) is 0 Å². The molecule has 2 aromatic carbocycles. The summed E-state index contributed by atoms with van der Waals surface area (Å²) in [4.78, 5) is 4.34. The molecule has 0 unspecified atom stereocenters. The maximum Gasteiger partial charge on any atom is 0.0708 e. The first kappa shape index (κ1) is 8.65. The molecule has 0 aliphatic carbocycles. The molecule has 0 radical (unpaired) electrons. The number of aryl methyl sites for hydroxylation is 1. The summed E-state index contributed by atoms with van der Waals surface area (Å²) in [5.41, 5.74) is 3.60. The van der Waals surface area contributed by atoms with E-state index in [9.17, 15) is 0 Å². The van der Waals surface area contributed by atoms with Crippen molar-refractivity contribution < 1.29 is 4.11 Å². The molecule has 0 bridgehead atoms. The highest BCUT2D eigenvalue weighted by atomic mass is 14.7. The second kappa shape index (κ2) is 5.07. The molecule has 3 aromatic rings. The minimum absolute atomic E-state index is 0.276. The van der Waals surface area contributed by atoms with E-state index in [-0.39, 0.29) is 5.56 Å². The van der Waals surface area contributed by atoms with E-state index in [1.54, 1.807) is 0 Å². The number of hydrogen-bond donors (Lipinski definition) is 0. The Morgan fingerprint density at radius 2 is 1.47 bits per heavy atom. The lowest BCUT2D eigenvalue weighted by Crippen LogP contribution is -1.89. The van der Waals surface area contributed by atoms with E-state index in [0.717, 1.165) is 16.8 Å². The van der Waals surface area contributed by atoms with Crippen LogP contribution in [0.3, 0.4) is 0 Å². The van der Waals surface area contributed by atoms with Gasteiger partial charge < -0.3 is 0 Å². The summed E-state index contributed by atoms with van der Waals surface area (Å²) < 4.78 is 23.2. The largest absolute Gasteiger partial charge is 0.256 e. The summed E-state index contributed by atoms with van der Waals surface area (Å²) in [6, 6.07) is 21.2. The van der Waals surface area contributed by atoms with Crippen LogP contribution in [-0.4, -0.2) is 4.98 Å². The average Bonchev–Trinajstić information content (AvgIpc) is 2.55. The van der Waals surface area contributed by atoms with Crippen molar-refractivity contribution in [3.63, 3.8) is 0 Å². The molecular formula is C18H15N. The summed E-state index contributed by atoms with van der Waals surface area (Å²) in [6.07, 6.45) is 1.47. The molecule has 0 amide bonds. The van der Waals surface area contributed by atoms with Gasteiger partial charge in [-0.05, 0) is 29.6 Å². The molecule has 19 heavy (non-hydrogen) atoms. The van der Waals surface area contributed by atoms with Gasteiger partial charge in [-0.1, -0.05) is 60.7 Å².